The molecule has 0 aromatic heterocycles. The van der Waals surface area contributed by atoms with Gasteiger partial charge < -0.3 is 9.64 Å². The van der Waals surface area contributed by atoms with Crippen molar-refractivity contribution >= 4 is 27.5 Å². The fraction of sp³-hybridized carbons (Fsp3) is 0.296. The van der Waals surface area contributed by atoms with Crippen molar-refractivity contribution in [3.63, 3.8) is 0 Å². The summed E-state index contributed by atoms with van der Waals surface area (Å²) in [5.74, 6) is 0.141. The highest BCUT2D eigenvalue weighted by Crippen LogP contribution is 2.27. The molecule has 0 saturated carbocycles. The molecule has 1 fully saturated rings. The molecule has 7 nitrogen and oxygen atoms in total. The number of ether oxygens (including phenoxy) is 1. The maximum absolute atomic E-state index is 13.6. The van der Waals surface area contributed by atoms with Crippen molar-refractivity contribution in [3.8, 4) is 5.75 Å². The van der Waals surface area contributed by atoms with E-state index in [1.54, 1.807) is 4.90 Å². The zero-order chi connectivity index (χ0) is 25.5. The Kier molecular flexibility index (Phi) is 8.64. The van der Waals surface area contributed by atoms with E-state index >= 15 is 0 Å². The first-order valence-electron chi connectivity index (χ1n) is 11.8. The number of benzene rings is 3. The average Bonchev–Trinajstić information content (AvgIpc) is 2.89. The lowest BCUT2D eigenvalue weighted by Gasteiger charge is -2.36. The summed E-state index contributed by atoms with van der Waals surface area (Å²) in [5.41, 5.74) is 2.10. The molecule has 1 amide bonds. The highest BCUT2D eigenvalue weighted by Gasteiger charge is 2.31. The number of carbonyl (C=O) groups excluding carboxylic acids is 1. The number of nitrogens with zero attached hydrogens (tertiary/aromatic N) is 2. The second kappa shape index (κ2) is 11.9. The van der Waals surface area contributed by atoms with Gasteiger partial charge in [-0.1, -0.05) is 72.3 Å². The summed E-state index contributed by atoms with van der Waals surface area (Å²) < 4.78 is 34.2. The van der Waals surface area contributed by atoms with Crippen LogP contribution in [0.4, 0.5) is 0 Å². The number of nitrogens with one attached hydrogen (secondary N) is 1. The maximum atomic E-state index is 13.6. The number of hydrogen-bond acceptors (Lipinski definition) is 5. The van der Waals surface area contributed by atoms with Crippen LogP contribution >= 0.6 is 11.6 Å². The number of halogens is 1. The van der Waals surface area contributed by atoms with Gasteiger partial charge in [-0.15, -0.1) is 0 Å². The number of methoxy groups -OCH3 is 1. The van der Waals surface area contributed by atoms with Gasteiger partial charge in [-0.2, -0.15) is 4.72 Å². The predicted molar refractivity (Wildman–Crippen MR) is 141 cm³/mol. The van der Waals surface area contributed by atoms with Crippen LogP contribution in [0.3, 0.4) is 0 Å². The van der Waals surface area contributed by atoms with E-state index < -0.39 is 16.1 Å². The molecule has 1 saturated heterocycles. The topological polar surface area (TPSA) is 78.9 Å². The standard InChI is InChI=1S/C27H30ClN3O4S/c1-35-26-13-12-23(19-24(26)28)36(33,34)29-25(18-21-8-4-2-5-9-21)27(32)31-16-14-30(15-17-31)20-22-10-6-3-7-11-22/h2-13,19,25,29H,14-18,20H2,1H3/t25-/m0/s1. The van der Waals surface area contributed by atoms with E-state index in [1.807, 2.05) is 48.5 Å². The van der Waals surface area contributed by atoms with Gasteiger partial charge in [0, 0.05) is 32.7 Å². The lowest BCUT2D eigenvalue weighted by molar-refractivity contribution is -0.134. The predicted octanol–water partition coefficient (Wildman–Crippen LogP) is 3.58. The van der Waals surface area contributed by atoms with E-state index in [9.17, 15) is 13.2 Å². The monoisotopic (exact) mass is 527 g/mol. The van der Waals surface area contributed by atoms with Crippen molar-refractivity contribution in [1.29, 1.82) is 0 Å². The zero-order valence-electron chi connectivity index (χ0n) is 20.1. The molecule has 1 aliphatic heterocycles. The molecule has 3 aromatic rings. The molecular formula is C27H30ClN3O4S. The number of hydrogen-bond donors (Lipinski definition) is 1. The van der Waals surface area contributed by atoms with Crippen LogP contribution < -0.4 is 9.46 Å². The fourth-order valence-electron chi connectivity index (χ4n) is 4.29. The molecule has 4 rings (SSSR count). The van der Waals surface area contributed by atoms with Crippen molar-refractivity contribution in [2.75, 3.05) is 33.3 Å². The van der Waals surface area contributed by atoms with Gasteiger partial charge in [-0.25, -0.2) is 8.42 Å². The number of sulfonamides is 1. The smallest absolute Gasteiger partial charge is 0.241 e. The molecule has 1 N–H and O–H groups in total. The third-order valence-electron chi connectivity index (χ3n) is 6.24. The van der Waals surface area contributed by atoms with Gasteiger partial charge in [-0.05, 0) is 35.7 Å². The van der Waals surface area contributed by atoms with E-state index in [1.165, 1.54) is 30.9 Å². The van der Waals surface area contributed by atoms with Gasteiger partial charge in [0.2, 0.25) is 15.9 Å². The Morgan fingerprint density at radius 3 is 2.14 bits per heavy atom. The molecule has 0 aliphatic carbocycles. The van der Waals surface area contributed by atoms with Gasteiger partial charge in [0.05, 0.1) is 17.0 Å². The minimum Gasteiger partial charge on any atom is -0.495 e. The first-order chi connectivity index (χ1) is 17.4. The van der Waals surface area contributed by atoms with Gasteiger partial charge in [0.25, 0.3) is 0 Å². The normalized spacial score (nSPS) is 15.4. The van der Waals surface area contributed by atoms with Crippen LogP contribution in [0.15, 0.2) is 83.8 Å². The minimum atomic E-state index is -4.01. The Labute approximate surface area is 217 Å². The highest BCUT2D eigenvalue weighted by molar-refractivity contribution is 7.89. The Hall–Kier alpha value is -2.91. The summed E-state index contributed by atoms with van der Waals surface area (Å²) in [7, 11) is -2.55. The van der Waals surface area contributed by atoms with Crippen LogP contribution in [-0.4, -0.2) is 63.5 Å². The average molecular weight is 528 g/mol. The summed E-state index contributed by atoms with van der Waals surface area (Å²) in [5, 5.41) is 0.181. The van der Waals surface area contributed by atoms with Crippen LogP contribution in [0, 0.1) is 0 Å². The van der Waals surface area contributed by atoms with E-state index in [2.05, 4.69) is 21.8 Å². The second-order valence-corrected chi connectivity index (χ2v) is 10.9. The van der Waals surface area contributed by atoms with Crippen LogP contribution in [0.5, 0.6) is 5.75 Å². The maximum Gasteiger partial charge on any atom is 0.241 e. The Morgan fingerprint density at radius 2 is 1.56 bits per heavy atom. The third-order valence-corrected chi connectivity index (χ3v) is 8.01. The molecule has 1 aliphatic rings. The lowest BCUT2D eigenvalue weighted by atomic mass is 10.1. The third kappa shape index (κ3) is 6.64. The molecule has 1 atom stereocenters. The zero-order valence-corrected chi connectivity index (χ0v) is 21.7. The van der Waals surface area contributed by atoms with E-state index in [0.717, 1.165) is 25.2 Å². The van der Waals surface area contributed by atoms with Crippen molar-refractivity contribution in [2.24, 2.45) is 0 Å². The van der Waals surface area contributed by atoms with Gasteiger partial charge in [0.15, 0.2) is 0 Å². The molecule has 9 heteroatoms. The molecule has 1 heterocycles. The Bertz CT molecular complexity index is 1260. The molecule has 0 spiro atoms. The first kappa shape index (κ1) is 26.2. The molecule has 3 aromatic carbocycles. The highest BCUT2D eigenvalue weighted by atomic mass is 35.5. The van der Waals surface area contributed by atoms with E-state index in [4.69, 9.17) is 16.3 Å². The molecule has 36 heavy (non-hydrogen) atoms. The van der Waals surface area contributed by atoms with Crippen LogP contribution in [0.1, 0.15) is 11.1 Å². The summed E-state index contributed by atoms with van der Waals surface area (Å²) in [6.45, 7) is 3.33. The number of rotatable bonds is 9. The number of amides is 1. The molecule has 0 bridgehead atoms. The van der Waals surface area contributed by atoms with Crippen molar-refractivity contribution in [2.45, 2.75) is 23.9 Å². The molecule has 190 valence electrons. The van der Waals surface area contributed by atoms with Crippen LogP contribution in [-0.2, 0) is 27.8 Å². The van der Waals surface area contributed by atoms with Crippen molar-refractivity contribution in [1.82, 2.24) is 14.5 Å². The molecule has 0 unspecified atom stereocenters. The van der Waals surface area contributed by atoms with Crippen molar-refractivity contribution in [3.05, 3.63) is 95.0 Å². The fourth-order valence-corrected chi connectivity index (χ4v) is 5.82. The second-order valence-electron chi connectivity index (χ2n) is 8.75. The number of carbonyl (C=O) groups is 1. The van der Waals surface area contributed by atoms with E-state index in [0.29, 0.717) is 18.8 Å². The van der Waals surface area contributed by atoms with E-state index in [-0.39, 0.29) is 22.2 Å². The Morgan fingerprint density at radius 1 is 0.944 bits per heavy atom. The minimum absolute atomic E-state index is 0.0214. The quantitative estimate of drug-likeness (QED) is 0.460. The summed E-state index contributed by atoms with van der Waals surface area (Å²) in [6, 6.07) is 22.9. The van der Waals surface area contributed by atoms with Crippen molar-refractivity contribution < 1.29 is 17.9 Å². The first-order valence-corrected chi connectivity index (χ1v) is 13.7. The summed E-state index contributed by atoms with van der Waals surface area (Å²) >= 11 is 6.16. The largest absolute Gasteiger partial charge is 0.495 e. The summed E-state index contributed by atoms with van der Waals surface area (Å²) in [6.07, 6.45) is 0.243. The van der Waals surface area contributed by atoms with Gasteiger partial charge in [0.1, 0.15) is 11.8 Å². The van der Waals surface area contributed by atoms with Gasteiger partial charge >= 0.3 is 0 Å². The summed E-state index contributed by atoms with van der Waals surface area (Å²) in [4.78, 5) is 17.6. The van der Waals surface area contributed by atoms with Crippen LogP contribution in [0.2, 0.25) is 5.02 Å². The number of piperazine rings is 1. The van der Waals surface area contributed by atoms with Crippen LogP contribution in [0.25, 0.3) is 0 Å². The molecule has 0 radical (unpaired) electrons. The Balaban J connectivity index is 1.48. The van der Waals surface area contributed by atoms with Gasteiger partial charge in [-0.3, -0.25) is 9.69 Å². The lowest BCUT2D eigenvalue weighted by Crippen LogP contribution is -2.55. The SMILES string of the molecule is COc1ccc(S(=O)(=O)N[C@@H](Cc2ccccc2)C(=O)N2CCN(Cc3ccccc3)CC2)cc1Cl. The molecular weight excluding hydrogens is 498 g/mol.